The maximum absolute atomic E-state index is 12.3. The number of rotatable bonds is 7. The van der Waals surface area contributed by atoms with Crippen molar-refractivity contribution in [1.82, 2.24) is 4.57 Å². The number of carbonyl (C=O) groups is 1. The van der Waals surface area contributed by atoms with Crippen molar-refractivity contribution in [2.45, 2.75) is 18.9 Å². The highest BCUT2D eigenvalue weighted by molar-refractivity contribution is 6.03. The van der Waals surface area contributed by atoms with Crippen molar-refractivity contribution in [3.05, 3.63) is 108 Å². The summed E-state index contributed by atoms with van der Waals surface area (Å²) in [5.41, 5.74) is 4.34. The van der Waals surface area contributed by atoms with Crippen LogP contribution in [0.15, 0.2) is 96.2 Å². The fourth-order valence-electron chi connectivity index (χ4n) is 3.86. The van der Waals surface area contributed by atoms with Gasteiger partial charge in [0.2, 0.25) is 0 Å². The van der Waals surface area contributed by atoms with Crippen LogP contribution in [0.4, 0.5) is 0 Å². The van der Waals surface area contributed by atoms with E-state index in [2.05, 4.69) is 21.8 Å². The normalized spacial score (nSPS) is 12.7. The van der Waals surface area contributed by atoms with Crippen LogP contribution in [0, 0.1) is 0 Å². The molecule has 3 N–H and O–H groups in total. The first kappa shape index (κ1) is 19.5. The second-order valence-electron chi connectivity index (χ2n) is 7.25. The molecule has 0 fully saturated rings. The molecule has 1 atom stereocenters. The highest BCUT2D eigenvalue weighted by atomic mass is 16.4. The Morgan fingerprint density at radius 3 is 2.23 bits per heavy atom. The maximum Gasteiger partial charge on any atom is 0.311 e. The van der Waals surface area contributed by atoms with Crippen molar-refractivity contribution in [2.24, 2.45) is 10.9 Å². The number of fused-ring (bicyclic) bond motifs is 1. The number of aliphatic carboxylic acids is 1. The Morgan fingerprint density at radius 1 is 0.933 bits per heavy atom. The van der Waals surface area contributed by atoms with Gasteiger partial charge in [0.05, 0.1) is 11.6 Å². The second kappa shape index (κ2) is 8.66. The molecular weight excluding hydrogens is 374 g/mol. The zero-order chi connectivity index (χ0) is 20.9. The SMILES string of the molecule is NN=C(C[C@H](C(=O)O)c1cn(Cc2ccccc2)c2ccccc12)c1ccccc1. The summed E-state index contributed by atoms with van der Waals surface area (Å²) in [5, 5.41) is 14.9. The lowest BCUT2D eigenvalue weighted by Gasteiger charge is -2.13. The third-order valence-corrected chi connectivity index (χ3v) is 5.35. The van der Waals surface area contributed by atoms with Crippen LogP contribution in [0.3, 0.4) is 0 Å². The Balaban J connectivity index is 1.75. The smallest absolute Gasteiger partial charge is 0.311 e. The number of hydrogen-bond acceptors (Lipinski definition) is 3. The van der Waals surface area contributed by atoms with Gasteiger partial charge in [-0.2, -0.15) is 5.10 Å². The summed E-state index contributed by atoms with van der Waals surface area (Å²) in [5.74, 6) is 3.99. The highest BCUT2D eigenvalue weighted by Gasteiger charge is 2.26. The largest absolute Gasteiger partial charge is 0.481 e. The molecule has 0 bridgehead atoms. The van der Waals surface area contributed by atoms with E-state index < -0.39 is 11.9 Å². The van der Waals surface area contributed by atoms with E-state index in [-0.39, 0.29) is 6.42 Å². The molecule has 5 nitrogen and oxygen atoms in total. The number of carboxylic acid groups (broad SMARTS) is 1. The van der Waals surface area contributed by atoms with Crippen LogP contribution in [-0.2, 0) is 11.3 Å². The lowest BCUT2D eigenvalue weighted by atomic mass is 9.91. The topological polar surface area (TPSA) is 80.6 Å². The zero-order valence-corrected chi connectivity index (χ0v) is 16.5. The van der Waals surface area contributed by atoms with Crippen LogP contribution in [0.2, 0.25) is 0 Å². The fourth-order valence-corrected chi connectivity index (χ4v) is 3.86. The minimum atomic E-state index is -0.894. The zero-order valence-electron chi connectivity index (χ0n) is 16.5. The van der Waals surface area contributed by atoms with Crippen molar-refractivity contribution < 1.29 is 9.90 Å². The maximum atomic E-state index is 12.3. The van der Waals surface area contributed by atoms with Gasteiger partial charge in [-0.15, -0.1) is 0 Å². The third-order valence-electron chi connectivity index (χ3n) is 5.35. The van der Waals surface area contributed by atoms with Crippen LogP contribution in [0.5, 0.6) is 0 Å². The number of hydrogen-bond donors (Lipinski definition) is 2. The van der Waals surface area contributed by atoms with E-state index >= 15 is 0 Å². The minimum Gasteiger partial charge on any atom is -0.481 e. The highest BCUT2D eigenvalue weighted by Crippen LogP contribution is 2.32. The number of nitrogens with zero attached hydrogens (tertiary/aromatic N) is 2. The summed E-state index contributed by atoms with van der Waals surface area (Å²) in [4.78, 5) is 12.3. The standard InChI is InChI=1S/C25H23N3O2/c26-27-23(19-11-5-2-6-12-19)15-21(25(29)30)22-17-28(16-18-9-3-1-4-10-18)24-14-8-7-13-20(22)24/h1-14,17,21H,15-16,26H2,(H,29,30)/t21-/m0/s1. The van der Waals surface area contributed by atoms with Crippen molar-refractivity contribution in [3.63, 3.8) is 0 Å². The number of para-hydroxylation sites is 1. The molecule has 5 heteroatoms. The molecule has 0 spiro atoms. The lowest BCUT2D eigenvalue weighted by Crippen LogP contribution is -2.18. The van der Waals surface area contributed by atoms with Gasteiger partial charge in [-0.1, -0.05) is 78.9 Å². The molecular formula is C25H23N3O2. The van der Waals surface area contributed by atoms with Crippen molar-refractivity contribution in [1.29, 1.82) is 0 Å². The number of carboxylic acids is 1. The van der Waals surface area contributed by atoms with Crippen molar-refractivity contribution >= 4 is 22.6 Å². The summed E-state index contributed by atoms with van der Waals surface area (Å²) in [7, 11) is 0. The molecule has 4 rings (SSSR count). The minimum absolute atomic E-state index is 0.217. The van der Waals surface area contributed by atoms with Crippen LogP contribution in [0.1, 0.15) is 29.0 Å². The summed E-state index contributed by atoms with van der Waals surface area (Å²) >= 11 is 0. The Bertz CT molecular complexity index is 1180. The van der Waals surface area contributed by atoms with Gasteiger partial charge in [0.15, 0.2) is 0 Å². The molecule has 1 aromatic heterocycles. The number of hydrazone groups is 1. The molecule has 0 saturated carbocycles. The van der Waals surface area contributed by atoms with E-state index in [4.69, 9.17) is 5.84 Å². The van der Waals surface area contributed by atoms with E-state index in [1.54, 1.807) is 0 Å². The molecule has 0 radical (unpaired) electrons. The van der Waals surface area contributed by atoms with Gasteiger partial charge in [-0.25, -0.2) is 0 Å². The van der Waals surface area contributed by atoms with Crippen molar-refractivity contribution in [3.8, 4) is 0 Å². The number of aromatic nitrogens is 1. The monoisotopic (exact) mass is 397 g/mol. The Labute approximate surface area is 175 Å². The van der Waals surface area contributed by atoms with Gasteiger partial charge < -0.3 is 15.5 Å². The molecule has 150 valence electrons. The van der Waals surface area contributed by atoms with Crippen LogP contribution in [0.25, 0.3) is 10.9 Å². The van der Waals surface area contributed by atoms with E-state index in [1.165, 1.54) is 0 Å². The summed E-state index contributed by atoms with van der Waals surface area (Å²) in [6, 6.07) is 27.5. The predicted molar refractivity (Wildman–Crippen MR) is 120 cm³/mol. The molecule has 0 aliphatic carbocycles. The predicted octanol–water partition coefficient (Wildman–Crippen LogP) is 4.61. The molecule has 30 heavy (non-hydrogen) atoms. The molecule has 0 amide bonds. The van der Waals surface area contributed by atoms with Crippen LogP contribution >= 0.6 is 0 Å². The van der Waals surface area contributed by atoms with E-state index in [0.29, 0.717) is 12.3 Å². The summed E-state index contributed by atoms with van der Waals surface area (Å²) < 4.78 is 2.11. The molecule has 3 aromatic carbocycles. The first-order valence-corrected chi connectivity index (χ1v) is 9.84. The molecule has 0 saturated heterocycles. The Morgan fingerprint density at radius 2 is 1.57 bits per heavy atom. The molecule has 0 aliphatic rings. The molecule has 0 unspecified atom stereocenters. The van der Waals surface area contributed by atoms with Gasteiger partial charge in [-0.3, -0.25) is 4.79 Å². The van der Waals surface area contributed by atoms with E-state index in [1.807, 2.05) is 79.0 Å². The Hall–Kier alpha value is -3.86. The average Bonchev–Trinajstić information content (AvgIpc) is 3.14. The molecule has 1 heterocycles. The Kier molecular flexibility index (Phi) is 5.61. The van der Waals surface area contributed by atoms with Crippen molar-refractivity contribution in [2.75, 3.05) is 0 Å². The summed E-state index contributed by atoms with van der Waals surface area (Å²) in [6.45, 7) is 0.671. The average molecular weight is 397 g/mol. The second-order valence-corrected chi connectivity index (χ2v) is 7.25. The first-order valence-electron chi connectivity index (χ1n) is 9.84. The third kappa shape index (κ3) is 3.96. The van der Waals surface area contributed by atoms with E-state index in [0.717, 1.165) is 27.6 Å². The van der Waals surface area contributed by atoms with Gasteiger partial charge in [0, 0.05) is 30.1 Å². The molecule has 4 aromatic rings. The van der Waals surface area contributed by atoms with E-state index in [9.17, 15) is 9.90 Å². The quantitative estimate of drug-likeness (QED) is 0.271. The van der Waals surface area contributed by atoms with Gasteiger partial charge in [0.25, 0.3) is 0 Å². The fraction of sp³-hybridized carbons (Fsp3) is 0.120. The first-order chi connectivity index (χ1) is 14.7. The van der Waals surface area contributed by atoms with Crippen LogP contribution < -0.4 is 5.84 Å². The van der Waals surface area contributed by atoms with Crippen LogP contribution in [-0.4, -0.2) is 21.4 Å². The lowest BCUT2D eigenvalue weighted by molar-refractivity contribution is -0.138. The van der Waals surface area contributed by atoms with Gasteiger partial charge in [-0.05, 0) is 22.8 Å². The number of nitrogens with two attached hydrogens (primary N) is 1. The summed E-state index contributed by atoms with van der Waals surface area (Å²) in [6.07, 6.45) is 2.17. The van der Waals surface area contributed by atoms with Gasteiger partial charge >= 0.3 is 5.97 Å². The number of benzene rings is 3. The van der Waals surface area contributed by atoms with Gasteiger partial charge in [0.1, 0.15) is 0 Å². The molecule has 0 aliphatic heterocycles.